The third kappa shape index (κ3) is 4.46. The Morgan fingerprint density at radius 3 is 2.92 bits per heavy atom. The molecule has 25 heavy (non-hydrogen) atoms. The lowest BCUT2D eigenvalue weighted by Gasteiger charge is -2.24. The van der Waals surface area contributed by atoms with E-state index in [0.29, 0.717) is 18.5 Å². The van der Waals surface area contributed by atoms with Crippen molar-refractivity contribution in [1.29, 1.82) is 0 Å². The van der Waals surface area contributed by atoms with E-state index in [0.717, 1.165) is 24.2 Å². The second-order valence-corrected chi connectivity index (χ2v) is 6.85. The molecule has 4 rings (SSSR count). The number of rotatable bonds is 4. The van der Waals surface area contributed by atoms with Crippen LogP contribution in [0.5, 0.6) is 0 Å². The number of hydrogen-bond donors (Lipinski definition) is 2. The lowest BCUT2D eigenvalue weighted by atomic mass is 9.85. The number of aromatic nitrogens is 2. The minimum atomic E-state index is 0. The summed E-state index contributed by atoms with van der Waals surface area (Å²) in [6.45, 7) is 0.649. The highest BCUT2D eigenvalue weighted by Gasteiger charge is 2.37. The maximum absolute atomic E-state index is 12.4. The molecule has 0 spiro atoms. The van der Waals surface area contributed by atoms with Crippen molar-refractivity contribution in [1.82, 2.24) is 20.0 Å². The number of hydrogen-bond acceptors (Lipinski definition) is 3. The number of imidazole rings is 1. The molecule has 2 N–H and O–H groups in total. The molecule has 0 aromatic carbocycles. The Labute approximate surface area is 160 Å². The first-order chi connectivity index (χ1) is 11.3. The van der Waals surface area contributed by atoms with Gasteiger partial charge in [0.1, 0.15) is 5.65 Å². The summed E-state index contributed by atoms with van der Waals surface area (Å²) in [5, 5.41) is 6.61. The number of nitrogens with zero attached hydrogens (tertiary/aromatic N) is 2. The fourth-order valence-electron chi connectivity index (χ4n) is 4.07. The van der Waals surface area contributed by atoms with Gasteiger partial charge in [0.05, 0.1) is 11.7 Å². The van der Waals surface area contributed by atoms with E-state index in [1.807, 2.05) is 35.0 Å². The average Bonchev–Trinajstić information content (AvgIpc) is 3.18. The summed E-state index contributed by atoms with van der Waals surface area (Å²) in [7, 11) is 0. The van der Waals surface area contributed by atoms with Gasteiger partial charge in [-0.15, -0.1) is 24.8 Å². The Morgan fingerprint density at radius 2 is 2.12 bits per heavy atom. The molecule has 1 amide bonds. The fourth-order valence-corrected chi connectivity index (χ4v) is 4.07. The summed E-state index contributed by atoms with van der Waals surface area (Å²) in [6, 6.07) is 6.54. The fraction of sp³-hybridized carbons (Fsp3) is 0.556. The van der Waals surface area contributed by atoms with E-state index in [2.05, 4.69) is 15.6 Å². The van der Waals surface area contributed by atoms with Gasteiger partial charge in [-0.3, -0.25) is 4.79 Å². The molecule has 7 heteroatoms. The average molecular weight is 385 g/mol. The predicted molar refractivity (Wildman–Crippen MR) is 104 cm³/mol. The number of nitrogens with one attached hydrogen (secondary N) is 2. The molecule has 3 unspecified atom stereocenters. The van der Waals surface area contributed by atoms with Crippen molar-refractivity contribution < 1.29 is 4.79 Å². The van der Waals surface area contributed by atoms with E-state index < -0.39 is 0 Å². The van der Waals surface area contributed by atoms with Crippen molar-refractivity contribution >= 4 is 36.4 Å². The lowest BCUT2D eigenvalue weighted by molar-refractivity contribution is -0.122. The summed E-state index contributed by atoms with van der Waals surface area (Å²) in [6.07, 6.45) is 10.9. The molecule has 3 atom stereocenters. The number of carbonyl (C=O) groups is 1. The van der Waals surface area contributed by atoms with Crippen LogP contribution in [0.25, 0.3) is 5.65 Å². The van der Waals surface area contributed by atoms with Crippen molar-refractivity contribution in [2.24, 2.45) is 5.92 Å². The molecule has 0 radical (unpaired) electrons. The third-order valence-corrected chi connectivity index (χ3v) is 5.27. The summed E-state index contributed by atoms with van der Waals surface area (Å²) in [4.78, 5) is 16.9. The standard InChI is InChI=1S/C18H24N4O.2ClH/c23-18(16-11-13-5-1-2-6-15(13)21-16)19-9-8-14-12-22-10-4-3-7-17(22)20-14;;/h3-4,7,10,12-13,15-16,21H,1-2,5-6,8-9,11H2,(H,19,23);2*1H. The van der Waals surface area contributed by atoms with Gasteiger partial charge in [0.2, 0.25) is 5.91 Å². The van der Waals surface area contributed by atoms with E-state index in [4.69, 9.17) is 0 Å². The molecule has 1 aliphatic heterocycles. The van der Waals surface area contributed by atoms with Crippen LogP contribution in [-0.2, 0) is 11.2 Å². The molecule has 2 fully saturated rings. The highest BCUT2D eigenvalue weighted by molar-refractivity contribution is 5.85. The van der Waals surface area contributed by atoms with E-state index in [1.165, 1.54) is 25.7 Å². The zero-order valence-corrected chi connectivity index (χ0v) is 15.8. The molecule has 1 aliphatic carbocycles. The van der Waals surface area contributed by atoms with Crippen LogP contribution >= 0.6 is 24.8 Å². The van der Waals surface area contributed by atoms with Crippen LogP contribution in [0.15, 0.2) is 30.6 Å². The van der Waals surface area contributed by atoms with Crippen LogP contribution in [0, 0.1) is 5.92 Å². The maximum atomic E-state index is 12.4. The van der Waals surface area contributed by atoms with Crippen molar-refractivity contribution in [3.63, 3.8) is 0 Å². The largest absolute Gasteiger partial charge is 0.354 e. The van der Waals surface area contributed by atoms with E-state index in [-0.39, 0.29) is 36.8 Å². The van der Waals surface area contributed by atoms with Crippen LogP contribution in [0.4, 0.5) is 0 Å². The number of fused-ring (bicyclic) bond motifs is 2. The van der Waals surface area contributed by atoms with Crippen LogP contribution in [0.3, 0.4) is 0 Å². The minimum absolute atomic E-state index is 0. The zero-order valence-electron chi connectivity index (χ0n) is 14.2. The van der Waals surface area contributed by atoms with Gasteiger partial charge in [0.25, 0.3) is 0 Å². The summed E-state index contributed by atoms with van der Waals surface area (Å²) in [5.74, 6) is 0.862. The number of pyridine rings is 1. The smallest absolute Gasteiger partial charge is 0.237 e. The summed E-state index contributed by atoms with van der Waals surface area (Å²) in [5.41, 5.74) is 1.97. The first kappa shape index (κ1) is 20.0. The molecule has 1 saturated heterocycles. The quantitative estimate of drug-likeness (QED) is 0.851. The van der Waals surface area contributed by atoms with Gasteiger partial charge in [-0.1, -0.05) is 18.9 Å². The second-order valence-electron chi connectivity index (χ2n) is 6.85. The van der Waals surface area contributed by atoms with Crippen LogP contribution in [0.2, 0.25) is 0 Å². The Kier molecular flexibility index (Phi) is 7.11. The zero-order chi connectivity index (χ0) is 15.6. The van der Waals surface area contributed by atoms with Crippen LogP contribution in [-0.4, -0.2) is 33.9 Å². The number of amides is 1. The van der Waals surface area contributed by atoms with Gasteiger partial charge in [0.15, 0.2) is 0 Å². The van der Waals surface area contributed by atoms with Gasteiger partial charge in [-0.05, 0) is 37.3 Å². The summed E-state index contributed by atoms with van der Waals surface area (Å²) >= 11 is 0. The molecule has 5 nitrogen and oxygen atoms in total. The molecule has 138 valence electrons. The number of carbonyl (C=O) groups excluding carboxylic acids is 1. The van der Waals surface area contributed by atoms with E-state index in [1.54, 1.807) is 0 Å². The monoisotopic (exact) mass is 384 g/mol. The maximum Gasteiger partial charge on any atom is 0.237 e. The van der Waals surface area contributed by atoms with Crippen molar-refractivity contribution in [2.75, 3.05) is 6.54 Å². The van der Waals surface area contributed by atoms with Gasteiger partial charge in [0, 0.05) is 31.4 Å². The molecule has 0 bridgehead atoms. The highest BCUT2D eigenvalue weighted by Crippen LogP contribution is 2.33. The first-order valence-electron chi connectivity index (χ1n) is 8.76. The number of halogens is 2. The molecule has 2 aromatic heterocycles. The van der Waals surface area contributed by atoms with Crippen molar-refractivity contribution in [2.45, 2.75) is 50.6 Å². The van der Waals surface area contributed by atoms with Gasteiger partial charge >= 0.3 is 0 Å². The highest BCUT2D eigenvalue weighted by atomic mass is 35.5. The third-order valence-electron chi connectivity index (χ3n) is 5.27. The van der Waals surface area contributed by atoms with Crippen molar-refractivity contribution in [3.05, 3.63) is 36.3 Å². The SMILES string of the molecule is Cl.Cl.O=C(NCCc1cn2ccccc2n1)C1CC2CCCCC2N1. The normalized spacial score (nSPS) is 24.9. The Bertz CT molecular complexity index is 658. The lowest BCUT2D eigenvalue weighted by Crippen LogP contribution is -2.43. The molecule has 2 aliphatic rings. The van der Waals surface area contributed by atoms with E-state index in [9.17, 15) is 4.79 Å². The molecular formula is C18H26Cl2N4O. The van der Waals surface area contributed by atoms with Crippen LogP contribution < -0.4 is 10.6 Å². The Balaban J connectivity index is 0.00000113. The predicted octanol–water partition coefficient (Wildman–Crippen LogP) is 2.76. The van der Waals surface area contributed by atoms with Gasteiger partial charge < -0.3 is 15.0 Å². The molecule has 1 saturated carbocycles. The molecule has 3 heterocycles. The molecular weight excluding hydrogens is 359 g/mol. The Morgan fingerprint density at radius 1 is 1.28 bits per heavy atom. The van der Waals surface area contributed by atoms with Crippen molar-refractivity contribution in [3.8, 4) is 0 Å². The van der Waals surface area contributed by atoms with Gasteiger partial charge in [-0.25, -0.2) is 4.98 Å². The van der Waals surface area contributed by atoms with Gasteiger partial charge in [-0.2, -0.15) is 0 Å². The Hall–Kier alpha value is -1.30. The summed E-state index contributed by atoms with van der Waals surface area (Å²) < 4.78 is 2.01. The topological polar surface area (TPSA) is 58.4 Å². The van der Waals surface area contributed by atoms with Crippen LogP contribution in [0.1, 0.15) is 37.8 Å². The minimum Gasteiger partial charge on any atom is -0.354 e. The second kappa shape index (κ2) is 8.88. The first-order valence-corrected chi connectivity index (χ1v) is 8.76. The molecule has 2 aromatic rings. The van der Waals surface area contributed by atoms with E-state index >= 15 is 0 Å².